The molecular weight excluding hydrogens is 277 g/mol. The molecule has 0 saturated carbocycles. The lowest BCUT2D eigenvalue weighted by Gasteiger charge is -2.14. The van der Waals surface area contributed by atoms with E-state index in [9.17, 15) is 13.2 Å². The van der Waals surface area contributed by atoms with Gasteiger partial charge in [-0.25, -0.2) is 0 Å². The molecule has 0 spiro atoms. The molecule has 0 atom stereocenters. The van der Waals surface area contributed by atoms with Crippen molar-refractivity contribution in [2.45, 2.75) is 32.5 Å². The molecule has 2 aromatic rings. The van der Waals surface area contributed by atoms with E-state index in [1.165, 1.54) is 12.1 Å². The fourth-order valence-corrected chi connectivity index (χ4v) is 2.15. The number of alkyl halides is 3. The smallest absolute Gasteiger partial charge is 0.416 e. The molecule has 0 heterocycles. The van der Waals surface area contributed by atoms with Gasteiger partial charge in [0.15, 0.2) is 0 Å². The average molecular weight is 294 g/mol. The summed E-state index contributed by atoms with van der Waals surface area (Å²) in [5, 5.41) is 0. The van der Waals surface area contributed by atoms with Crippen molar-refractivity contribution in [3.63, 3.8) is 0 Å². The Morgan fingerprint density at radius 2 is 1.71 bits per heavy atom. The molecule has 0 N–H and O–H groups in total. The van der Waals surface area contributed by atoms with E-state index in [1.807, 2.05) is 24.3 Å². The molecule has 0 aliphatic rings. The summed E-state index contributed by atoms with van der Waals surface area (Å²) in [5.74, 6) is 0.565. The topological polar surface area (TPSA) is 9.23 Å². The number of halogens is 3. The number of ether oxygens (including phenoxy) is 1. The van der Waals surface area contributed by atoms with Crippen LogP contribution in [0.5, 0.6) is 5.75 Å². The van der Waals surface area contributed by atoms with Gasteiger partial charge in [-0.3, -0.25) is 0 Å². The zero-order valence-electron chi connectivity index (χ0n) is 11.9. The third kappa shape index (κ3) is 4.00. The molecule has 0 unspecified atom stereocenters. The van der Waals surface area contributed by atoms with E-state index in [2.05, 4.69) is 13.8 Å². The Bertz CT molecular complexity index is 603. The Balaban J connectivity index is 2.14. The van der Waals surface area contributed by atoms with Gasteiger partial charge in [0.05, 0.1) is 5.56 Å². The molecule has 0 radical (unpaired) electrons. The van der Waals surface area contributed by atoms with E-state index in [0.29, 0.717) is 5.92 Å². The summed E-state index contributed by atoms with van der Waals surface area (Å²) in [7, 11) is 0. The molecule has 1 nitrogen and oxygen atoms in total. The van der Waals surface area contributed by atoms with Crippen LogP contribution in [0.3, 0.4) is 0 Å². The molecule has 0 fully saturated rings. The number of hydrogen-bond acceptors (Lipinski definition) is 1. The quantitative estimate of drug-likeness (QED) is 0.732. The standard InChI is InChI=1S/C17H17F3O/c1-12(2)16-9-4-3-6-13(16)11-21-15-8-5-7-14(10-15)17(18,19)20/h3-10,12H,11H2,1-2H3. The van der Waals surface area contributed by atoms with Gasteiger partial charge >= 0.3 is 6.18 Å². The van der Waals surface area contributed by atoms with E-state index in [-0.39, 0.29) is 12.4 Å². The second-order valence-corrected chi connectivity index (χ2v) is 5.17. The van der Waals surface area contributed by atoms with Crippen molar-refractivity contribution < 1.29 is 17.9 Å². The van der Waals surface area contributed by atoms with Crippen LogP contribution in [0.2, 0.25) is 0 Å². The molecule has 112 valence electrons. The number of rotatable bonds is 4. The molecule has 21 heavy (non-hydrogen) atoms. The highest BCUT2D eigenvalue weighted by Crippen LogP contribution is 2.31. The van der Waals surface area contributed by atoms with E-state index in [0.717, 1.165) is 23.3 Å². The summed E-state index contributed by atoms with van der Waals surface area (Å²) in [6.45, 7) is 4.40. The lowest BCUT2D eigenvalue weighted by molar-refractivity contribution is -0.137. The monoisotopic (exact) mass is 294 g/mol. The highest BCUT2D eigenvalue weighted by atomic mass is 19.4. The van der Waals surface area contributed by atoms with Crippen LogP contribution >= 0.6 is 0 Å². The van der Waals surface area contributed by atoms with Crippen molar-refractivity contribution in [3.8, 4) is 5.75 Å². The minimum Gasteiger partial charge on any atom is -0.489 e. The lowest BCUT2D eigenvalue weighted by Crippen LogP contribution is -2.06. The Morgan fingerprint density at radius 1 is 1.00 bits per heavy atom. The predicted molar refractivity (Wildman–Crippen MR) is 76.3 cm³/mol. The van der Waals surface area contributed by atoms with Gasteiger partial charge in [-0.1, -0.05) is 44.2 Å². The van der Waals surface area contributed by atoms with Gasteiger partial charge in [-0.2, -0.15) is 13.2 Å². The first-order chi connectivity index (χ1) is 9.88. The first kappa shape index (κ1) is 15.4. The highest BCUT2D eigenvalue weighted by Gasteiger charge is 2.30. The van der Waals surface area contributed by atoms with Crippen molar-refractivity contribution in [3.05, 3.63) is 65.2 Å². The van der Waals surface area contributed by atoms with Crippen molar-refractivity contribution in [2.75, 3.05) is 0 Å². The van der Waals surface area contributed by atoms with Gasteiger partial charge in [0, 0.05) is 0 Å². The Hall–Kier alpha value is -1.97. The van der Waals surface area contributed by atoms with Crippen LogP contribution in [0.1, 0.15) is 36.5 Å². The summed E-state index contributed by atoms with van der Waals surface area (Å²) < 4.78 is 43.5. The largest absolute Gasteiger partial charge is 0.489 e. The average Bonchev–Trinajstić information content (AvgIpc) is 2.45. The molecule has 0 aliphatic carbocycles. The van der Waals surface area contributed by atoms with Crippen LogP contribution in [-0.2, 0) is 12.8 Å². The molecular formula is C17H17F3O. The second kappa shape index (κ2) is 6.20. The van der Waals surface area contributed by atoms with Crippen LogP contribution in [-0.4, -0.2) is 0 Å². The summed E-state index contributed by atoms with van der Waals surface area (Å²) in [6, 6.07) is 12.7. The van der Waals surface area contributed by atoms with Crippen LogP contribution < -0.4 is 4.74 Å². The Kier molecular flexibility index (Phi) is 4.56. The maximum atomic E-state index is 12.6. The maximum absolute atomic E-state index is 12.6. The first-order valence-electron chi connectivity index (χ1n) is 6.76. The van der Waals surface area contributed by atoms with Gasteiger partial charge in [0.1, 0.15) is 12.4 Å². The van der Waals surface area contributed by atoms with Crippen molar-refractivity contribution in [2.24, 2.45) is 0 Å². The highest BCUT2D eigenvalue weighted by molar-refractivity contribution is 5.32. The molecule has 0 saturated heterocycles. The van der Waals surface area contributed by atoms with E-state index >= 15 is 0 Å². The number of hydrogen-bond donors (Lipinski definition) is 0. The predicted octanol–water partition coefficient (Wildman–Crippen LogP) is 5.41. The molecule has 0 amide bonds. The van der Waals surface area contributed by atoms with E-state index < -0.39 is 11.7 Å². The first-order valence-corrected chi connectivity index (χ1v) is 6.76. The molecule has 0 bridgehead atoms. The van der Waals surface area contributed by atoms with Crippen molar-refractivity contribution in [1.82, 2.24) is 0 Å². The Labute approximate surface area is 122 Å². The molecule has 0 aliphatic heterocycles. The van der Waals surface area contributed by atoms with Crippen LogP contribution in [0.4, 0.5) is 13.2 Å². The van der Waals surface area contributed by atoms with E-state index in [4.69, 9.17) is 4.74 Å². The third-order valence-corrected chi connectivity index (χ3v) is 3.23. The normalized spacial score (nSPS) is 11.7. The third-order valence-electron chi connectivity index (χ3n) is 3.23. The van der Waals surface area contributed by atoms with Crippen LogP contribution in [0, 0.1) is 0 Å². The van der Waals surface area contributed by atoms with Crippen molar-refractivity contribution >= 4 is 0 Å². The minimum absolute atomic E-state index is 0.225. The fraction of sp³-hybridized carbons (Fsp3) is 0.294. The SMILES string of the molecule is CC(C)c1ccccc1COc1cccc(C(F)(F)F)c1. The van der Waals surface area contributed by atoms with E-state index in [1.54, 1.807) is 0 Å². The second-order valence-electron chi connectivity index (χ2n) is 5.17. The number of benzene rings is 2. The summed E-state index contributed by atoms with van der Waals surface area (Å²) in [4.78, 5) is 0. The van der Waals surface area contributed by atoms with Crippen LogP contribution in [0.15, 0.2) is 48.5 Å². The lowest BCUT2D eigenvalue weighted by atomic mass is 9.98. The summed E-state index contributed by atoms with van der Waals surface area (Å²) in [6.07, 6.45) is -4.35. The summed E-state index contributed by atoms with van der Waals surface area (Å²) in [5.41, 5.74) is 1.44. The van der Waals surface area contributed by atoms with Crippen molar-refractivity contribution in [1.29, 1.82) is 0 Å². The zero-order chi connectivity index (χ0) is 15.5. The van der Waals surface area contributed by atoms with Gasteiger partial charge in [-0.15, -0.1) is 0 Å². The molecule has 2 rings (SSSR count). The van der Waals surface area contributed by atoms with Gasteiger partial charge in [0.25, 0.3) is 0 Å². The molecule has 2 aromatic carbocycles. The summed E-state index contributed by atoms with van der Waals surface area (Å²) >= 11 is 0. The van der Waals surface area contributed by atoms with Gasteiger partial charge in [-0.05, 0) is 35.2 Å². The molecule has 0 aromatic heterocycles. The molecule has 4 heteroatoms. The Morgan fingerprint density at radius 3 is 2.38 bits per heavy atom. The minimum atomic E-state index is -4.35. The van der Waals surface area contributed by atoms with Crippen LogP contribution in [0.25, 0.3) is 0 Å². The zero-order valence-corrected chi connectivity index (χ0v) is 11.9. The maximum Gasteiger partial charge on any atom is 0.416 e. The fourth-order valence-electron chi connectivity index (χ4n) is 2.15. The van der Waals surface area contributed by atoms with Gasteiger partial charge < -0.3 is 4.74 Å². The van der Waals surface area contributed by atoms with Gasteiger partial charge in [0.2, 0.25) is 0 Å².